The molecule has 2 aromatic rings. The summed E-state index contributed by atoms with van der Waals surface area (Å²) in [5, 5.41) is 2.99. The highest BCUT2D eigenvalue weighted by Crippen LogP contribution is 2.34. The monoisotopic (exact) mass is 442 g/mol. The molecule has 4 nitrogen and oxygen atoms in total. The van der Waals surface area contributed by atoms with E-state index in [-0.39, 0.29) is 21.5 Å². The molecule has 120 valence electrons. The summed E-state index contributed by atoms with van der Waals surface area (Å²) in [7, 11) is -2.32. The van der Waals surface area contributed by atoms with Gasteiger partial charge < -0.3 is 0 Å². The van der Waals surface area contributed by atoms with Crippen molar-refractivity contribution < 1.29 is 8.42 Å². The molecular formula is C13H13BrCl2N2O2S2. The van der Waals surface area contributed by atoms with Gasteiger partial charge in [-0.05, 0) is 18.6 Å². The highest BCUT2D eigenvalue weighted by molar-refractivity contribution is 9.10. The quantitative estimate of drug-likeness (QED) is 0.678. The summed E-state index contributed by atoms with van der Waals surface area (Å²) in [6.45, 7) is 2.17. The number of halogens is 3. The van der Waals surface area contributed by atoms with E-state index in [1.807, 2.05) is 12.3 Å². The summed E-state index contributed by atoms with van der Waals surface area (Å²) in [6, 6.07) is 3.01. The van der Waals surface area contributed by atoms with Gasteiger partial charge in [0.15, 0.2) is 0 Å². The third-order valence-electron chi connectivity index (χ3n) is 2.92. The van der Waals surface area contributed by atoms with Crippen LogP contribution in [0.5, 0.6) is 0 Å². The van der Waals surface area contributed by atoms with Gasteiger partial charge in [-0.2, -0.15) is 4.31 Å². The predicted molar refractivity (Wildman–Crippen MR) is 94.3 cm³/mol. The molecule has 22 heavy (non-hydrogen) atoms. The van der Waals surface area contributed by atoms with Gasteiger partial charge in [0.05, 0.1) is 27.3 Å². The zero-order valence-corrected chi connectivity index (χ0v) is 16.5. The Morgan fingerprint density at radius 3 is 2.41 bits per heavy atom. The number of hydrogen-bond donors (Lipinski definition) is 0. The van der Waals surface area contributed by atoms with Crippen LogP contribution >= 0.6 is 50.5 Å². The first-order valence-corrected chi connectivity index (χ1v) is 10.2. The van der Waals surface area contributed by atoms with Crippen LogP contribution in [0.4, 0.5) is 0 Å². The third-order valence-corrected chi connectivity index (χ3v) is 7.14. The molecule has 0 aliphatic carbocycles. The first-order valence-electron chi connectivity index (χ1n) is 6.30. The molecule has 0 saturated carbocycles. The lowest BCUT2D eigenvalue weighted by molar-refractivity contribution is 0.463. The van der Waals surface area contributed by atoms with E-state index in [1.165, 1.54) is 34.8 Å². The molecule has 0 aliphatic heterocycles. The summed E-state index contributed by atoms with van der Waals surface area (Å²) in [6.07, 6.45) is 0.825. The maximum Gasteiger partial charge on any atom is 0.246 e. The Morgan fingerprint density at radius 1 is 1.32 bits per heavy atom. The maximum absolute atomic E-state index is 12.7. The Labute approximate surface area is 152 Å². The Morgan fingerprint density at radius 2 is 1.91 bits per heavy atom. The van der Waals surface area contributed by atoms with Crippen molar-refractivity contribution in [2.24, 2.45) is 0 Å². The highest BCUT2D eigenvalue weighted by Gasteiger charge is 2.27. The lowest BCUT2D eigenvalue weighted by Crippen LogP contribution is -2.27. The molecule has 0 atom stereocenters. The van der Waals surface area contributed by atoms with Crippen LogP contribution < -0.4 is 0 Å². The largest absolute Gasteiger partial charge is 0.246 e. The molecule has 0 saturated heterocycles. The molecule has 2 rings (SSSR count). The summed E-state index contributed by atoms with van der Waals surface area (Å²) >= 11 is 16.9. The van der Waals surface area contributed by atoms with E-state index in [4.69, 9.17) is 23.2 Å². The molecule has 9 heteroatoms. The minimum absolute atomic E-state index is 0.0822. The normalized spacial score (nSPS) is 12.1. The molecule has 0 amide bonds. The lowest BCUT2D eigenvalue weighted by Gasteiger charge is -2.18. The third kappa shape index (κ3) is 3.83. The second kappa shape index (κ2) is 7.15. The smallest absolute Gasteiger partial charge is 0.245 e. The Hall–Kier alpha value is -0.180. The van der Waals surface area contributed by atoms with Crippen LogP contribution in [0.3, 0.4) is 0 Å². The van der Waals surface area contributed by atoms with Crippen molar-refractivity contribution in [2.45, 2.75) is 24.8 Å². The van der Waals surface area contributed by atoms with Crippen molar-refractivity contribution in [1.29, 1.82) is 0 Å². The van der Waals surface area contributed by atoms with Crippen LogP contribution in [-0.4, -0.2) is 24.8 Å². The number of nitrogens with zero attached hydrogens (tertiary/aromatic N) is 2. The predicted octanol–water partition coefficient (Wildman–Crippen LogP) is 4.60. The van der Waals surface area contributed by atoms with E-state index in [1.54, 1.807) is 0 Å². The zero-order valence-electron chi connectivity index (χ0n) is 11.8. The molecule has 1 heterocycles. The van der Waals surface area contributed by atoms with Gasteiger partial charge in [0.25, 0.3) is 0 Å². The van der Waals surface area contributed by atoms with Crippen LogP contribution in [0.2, 0.25) is 10.0 Å². The fraction of sp³-hybridized carbons (Fsp3) is 0.308. The van der Waals surface area contributed by atoms with Gasteiger partial charge >= 0.3 is 0 Å². The van der Waals surface area contributed by atoms with E-state index in [9.17, 15) is 8.42 Å². The van der Waals surface area contributed by atoms with E-state index in [0.29, 0.717) is 10.2 Å². The van der Waals surface area contributed by atoms with Crippen LogP contribution in [0.15, 0.2) is 26.9 Å². The minimum atomic E-state index is -3.80. The molecule has 0 N–H and O–H groups in total. The van der Waals surface area contributed by atoms with Crippen LogP contribution in [-0.2, 0) is 23.0 Å². The minimum Gasteiger partial charge on any atom is -0.245 e. The van der Waals surface area contributed by atoms with E-state index >= 15 is 0 Å². The number of rotatable bonds is 5. The average Bonchev–Trinajstić information content (AvgIpc) is 2.84. The standard InChI is InChI=1S/C13H13BrCl2N2O2S2/c1-3-12-17-9(7-21-12)6-18(2)22(19,20)13-10(15)4-8(14)5-11(13)16/h4-5,7H,3,6H2,1-2H3. The summed E-state index contributed by atoms with van der Waals surface area (Å²) in [5.41, 5.74) is 0.706. The van der Waals surface area contributed by atoms with Gasteiger partial charge in [-0.15, -0.1) is 11.3 Å². The zero-order chi connectivity index (χ0) is 16.5. The number of aromatic nitrogens is 1. The van der Waals surface area contributed by atoms with Crippen LogP contribution in [0.1, 0.15) is 17.6 Å². The first-order chi connectivity index (χ1) is 10.3. The fourth-order valence-electron chi connectivity index (χ4n) is 1.83. The van der Waals surface area contributed by atoms with E-state index < -0.39 is 10.0 Å². The molecule has 0 bridgehead atoms. The summed E-state index contributed by atoms with van der Waals surface area (Å²) in [5.74, 6) is 0. The molecular weight excluding hydrogens is 431 g/mol. The second-order valence-corrected chi connectivity index (χ2v) is 9.20. The Kier molecular flexibility index (Phi) is 5.90. The van der Waals surface area contributed by atoms with Crippen LogP contribution in [0.25, 0.3) is 0 Å². The molecule has 0 radical (unpaired) electrons. The van der Waals surface area contributed by atoms with Gasteiger partial charge in [0.1, 0.15) is 4.90 Å². The summed E-state index contributed by atoms with van der Waals surface area (Å²) < 4.78 is 27.2. The lowest BCUT2D eigenvalue weighted by atomic mass is 10.4. The number of sulfonamides is 1. The number of hydrogen-bond acceptors (Lipinski definition) is 4. The van der Waals surface area contributed by atoms with Crippen LogP contribution in [0, 0.1) is 0 Å². The molecule has 0 fully saturated rings. The van der Waals surface area contributed by atoms with Crippen molar-refractivity contribution in [2.75, 3.05) is 7.05 Å². The van der Waals surface area contributed by atoms with Gasteiger partial charge in [-0.3, -0.25) is 0 Å². The molecule has 1 aromatic carbocycles. The SMILES string of the molecule is CCc1nc(CN(C)S(=O)(=O)c2c(Cl)cc(Br)cc2Cl)cs1. The van der Waals surface area contributed by atoms with Gasteiger partial charge in [-0.1, -0.05) is 46.1 Å². The van der Waals surface area contributed by atoms with Gasteiger partial charge in [0, 0.05) is 16.9 Å². The van der Waals surface area contributed by atoms with Gasteiger partial charge in [0.2, 0.25) is 10.0 Å². The van der Waals surface area contributed by atoms with Crippen molar-refractivity contribution in [3.05, 3.63) is 42.7 Å². The number of aryl methyl sites for hydroxylation is 1. The maximum atomic E-state index is 12.7. The highest BCUT2D eigenvalue weighted by atomic mass is 79.9. The van der Waals surface area contributed by atoms with Crippen molar-refractivity contribution in [3.8, 4) is 0 Å². The fourth-order valence-corrected chi connectivity index (χ4v) is 5.58. The molecule has 0 spiro atoms. The average molecular weight is 444 g/mol. The number of benzene rings is 1. The second-order valence-electron chi connectivity index (χ2n) is 4.55. The molecule has 0 aliphatic rings. The molecule has 0 unspecified atom stereocenters. The van der Waals surface area contributed by atoms with Crippen molar-refractivity contribution in [3.63, 3.8) is 0 Å². The number of thiazole rings is 1. The first kappa shape index (κ1) is 18.2. The molecule has 1 aromatic heterocycles. The van der Waals surface area contributed by atoms with E-state index in [2.05, 4.69) is 20.9 Å². The topological polar surface area (TPSA) is 50.3 Å². The van der Waals surface area contributed by atoms with Gasteiger partial charge in [-0.25, -0.2) is 13.4 Å². The van der Waals surface area contributed by atoms with Crippen molar-refractivity contribution in [1.82, 2.24) is 9.29 Å². The Bertz CT molecular complexity index is 770. The Balaban J connectivity index is 2.33. The van der Waals surface area contributed by atoms with E-state index in [0.717, 1.165) is 11.4 Å². The van der Waals surface area contributed by atoms with Crippen molar-refractivity contribution >= 4 is 60.5 Å². The summed E-state index contributed by atoms with van der Waals surface area (Å²) in [4.78, 5) is 4.28.